The number of piperidine rings is 1. The zero-order valence-electron chi connectivity index (χ0n) is 24.3. The van der Waals surface area contributed by atoms with Crippen LogP contribution in [0.25, 0.3) is 0 Å². The van der Waals surface area contributed by atoms with E-state index in [1.54, 1.807) is 33.0 Å². The number of hydrogen-bond donors (Lipinski definition) is 5. The van der Waals surface area contributed by atoms with Crippen molar-refractivity contribution in [3.8, 4) is 0 Å². The molecule has 3 heterocycles. The van der Waals surface area contributed by atoms with Gasteiger partial charge < -0.3 is 36.4 Å². The molecule has 2 saturated heterocycles. The molecule has 0 radical (unpaired) electrons. The summed E-state index contributed by atoms with van der Waals surface area (Å²) in [5.74, 6) is -0.705. The van der Waals surface area contributed by atoms with Crippen molar-refractivity contribution in [1.82, 2.24) is 25.8 Å². The molecule has 0 bridgehead atoms. The highest BCUT2D eigenvalue weighted by Crippen LogP contribution is 2.30. The van der Waals surface area contributed by atoms with Crippen LogP contribution in [0.5, 0.6) is 0 Å². The lowest BCUT2D eigenvalue weighted by atomic mass is 9.94. The Morgan fingerprint density at radius 2 is 1.95 bits per heavy atom. The number of hydrogen-bond acceptors (Lipinski definition) is 9. The molecule has 0 atom stereocenters. The van der Waals surface area contributed by atoms with Gasteiger partial charge in [-0.05, 0) is 51.8 Å². The van der Waals surface area contributed by atoms with Crippen molar-refractivity contribution in [1.29, 1.82) is 10.8 Å². The highest BCUT2D eigenvalue weighted by molar-refractivity contribution is 6.14. The number of nitrogens with zero attached hydrogens (tertiary/aromatic N) is 3. The minimum Gasteiger partial charge on any atom is -0.444 e. The van der Waals surface area contributed by atoms with E-state index in [9.17, 15) is 18.4 Å². The lowest BCUT2D eigenvalue weighted by Crippen LogP contribution is -2.66. The first kappa shape index (κ1) is 31.7. The molecule has 0 aromatic heterocycles. The second-order valence-electron chi connectivity index (χ2n) is 11.8. The molecule has 14 heteroatoms. The first-order valence-electron chi connectivity index (χ1n) is 13.9. The third-order valence-corrected chi connectivity index (χ3v) is 7.12. The summed E-state index contributed by atoms with van der Waals surface area (Å²) >= 11 is 0. The van der Waals surface area contributed by atoms with E-state index < -0.39 is 35.3 Å². The van der Waals surface area contributed by atoms with Gasteiger partial charge in [-0.3, -0.25) is 9.69 Å². The summed E-state index contributed by atoms with van der Waals surface area (Å²) in [6, 6.07) is 0.0104. The van der Waals surface area contributed by atoms with Gasteiger partial charge in [-0.25, -0.2) is 23.0 Å². The van der Waals surface area contributed by atoms with Gasteiger partial charge in [0.05, 0.1) is 30.1 Å². The minimum atomic E-state index is -2.94. The van der Waals surface area contributed by atoms with Crippen LogP contribution in [0, 0.1) is 10.8 Å². The molecule has 0 spiro atoms. The molecule has 5 N–H and O–H groups in total. The molecule has 232 valence electrons. The van der Waals surface area contributed by atoms with Crippen molar-refractivity contribution in [2.45, 2.75) is 57.3 Å². The summed E-state index contributed by atoms with van der Waals surface area (Å²) in [6.45, 7) is 6.73. The molecule has 2 amide bonds. The smallest absolute Gasteiger partial charge is 0.410 e. The molecule has 11 nitrogen and oxygen atoms in total. The SMILES string of the molecule is CC(C)(C)OC(=O)N1CC(F)(CN2CCC(N/C=C3/C=C(NC(=O)/C(C=N)=C4\N=CC=CN4)C(C(F)F)=CC3=N)CC2)C1. The summed E-state index contributed by atoms with van der Waals surface area (Å²) in [4.78, 5) is 32.4. The van der Waals surface area contributed by atoms with Gasteiger partial charge in [0, 0.05) is 61.7 Å². The quantitative estimate of drug-likeness (QED) is 0.213. The standard InChI is InChI=1S/C29H37F3N8O3/c1-28(2,3)43-27(42)40-16-29(32,17-40)15-39-9-5-19(6-10-39)37-14-18-11-23(20(24(30)31)12-22(18)34)38-26(41)21(13-33)25-35-7-4-8-36-25/h4,7-8,11-14,19,24,33-35,37H,5-6,9-10,15-17H2,1-3H3,(H,38,41)/b18-14-,25-21-,33-13?,34-22?. The van der Waals surface area contributed by atoms with Gasteiger partial charge in [-0.2, -0.15) is 0 Å². The predicted octanol–water partition coefficient (Wildman–Crippen LogP) is 3.16. The van der Waals surface area contributed by atoms with Gasteiger partial charge in [-0.15, -0.1) is 0 Å². The molecule has 0 unspecified atom stereocenters. The highest BCUT2D eigenvalue weighted by atomic mass is 19.3. The van der Waals surface area contributed by atoms with Crippen molar-refractivity contribution in [2.75, 3.05) is 32.7 Å². The van der Waals surface area contributed by atoms with Crippen LogP contribution < -0.4 is 16.0 Å². The number of halogens is 3. The molecule has 0 saturated carbocycles. The Morgan fingerprint density at radius 1 is 1.26 bits per heavy atom. The zero-order valence-corrected chi connectivity index (χ0v) is 24.3. The van der Waals surface area contributed by atoms with Crippen molar-refractivity contribution in [2.24, 2.45) is 4.99 Å². The Hall–Kier alpha value is -4.20. The van der Waals surface area contributed by atoms with Crippen LogP contribution in [0.1, 0.15) is 33.6 Å². The Balaban J connectivity index is 1.32. The highest BCUT2D eigenvalue weighted by Gasteiger charge is 2.48. The molecular weight excluding hydrogens is 565 g/mol. The minimum absolute atomic E-state index is 0.00712. The molecule has 0 aromatic rings. The number of amides is 2. The second-order valence-corrected chi connectivity index (χ2v) is 11.8. The van der Waals surface area contributed by atoms with Gasteiger partial charge in [-0.1, -0.05) is 0 Å². The number of aliphatic imine (C=N–C) groups is 1. The first-order valence-corrected chi connectivity index (χ1v) is 13.9. The normalized spacial score (nSPS) is 22.8. The lowest BCUT2D eigenvalue weighted by Gasteiger charge is -2.47. The average Bonchev–Trinajstić information content (AvgIpc) is 2.92. The number of likely N-dealkylation sites (tertiary alicyclic amines) is 2. The number of carbonyl (C=O) groups excluding carboxylic acids is 2. The average molecular weight is 603 g/mol. The van der Waals surface area contributed by atoms with Gasteiger partial charge in [0.15, 0.2) is 5.67 Å². The van der Waals surface area contributed by atoms with Crippen LogP contribution in [0.2, 0.25) is 0 Å². The van der Waals surface area contributed by atoms with Crippen LogP contribution in [0.3, 0.4) is 0 Å². The van der Waals surface area contributed by atoms with Gasteiger partial charge >= 0.3 is 6.09 Å². The molecule has 2 fully saturated rings. The van der Waals surface area contributed by atoms with Crippen molar-refractivity contribution >= 4 is 30.1 Å². The Labute approximate surface area is 248 Å². The molecule has 43 heavy (non-hydrogen) atoms. The molecular formula is C29H37F3N8O3. The Morgan fingerprint density at radius 3 is 2.53 bits per heavy atom. The van der Waals surface area contributed by atoms with Gasteiger partial charge in [0.1, 0.15) is 11.4 Å². The van der Waals surface area contributed by atoms with E-state index in [-0.39, 0.29) is 48.5 Å². The number of ether oxygens (including phenoxy) is 1. The maximum absolute atomic E-state index is 15.2. The van der Waals surface area contributed by atoms with E-state index in [1.165, 1.54) is 23.4 Å². The molecule has 3 aliphatic heterocycles. The molecule has 4 rings (SSSR count). The first-order chi connectivity index (χ1) is 20.3. The fourth-order valence-corrected chi connectivity index (χ4v) is 5.00. The van der Waals surface area contributed by atoms with E-state index in [1.807, 2.05) is 4.90 Å². The predicted molar refractivity (Wildman–Crippen MR) is 157 cm³/mol. The number of rotatable bonds is 8. The van der Waals surface area contributed by atoms with Crippen LogP contribution >= 0.6 is 0 Å². The van der Waals surface area contributed by atoms with E-state index in [4.69, 9.17) is 15.6 Å². The Bertz CT molecular complexity index is 1330. The Kier molecular flexibility index (Phi) is 9.58. The van der Waals surface area contributed by atoms with Crippen molar-refractivity contribution in [3.05, 3.63) is 58.9 Å². The third kappa shape index (κ3) is 8.21. The van der Waals surface area contributed by atoms with Crippen LogP contribution in [-0.4, -0.2) is 96.4 Å². The molecule has 0 aromatic carbocycles. The fraction of sp³-hybridized carbons (Fsp3) is 0.483. The number of alkyl halides is 3. The monoisotopic (exact) mass is 602 g/mol. The number of carbonyl (C=O) groups is 2. The third-order valence-electron chi connectivity index (χ3n) is 7.12. The van der Waals surface area contributed by atoms with Crippen LogP contribution in [0.4, 0.5) is 18.0 Å². The summed E-state index contributed by atoms with van der Waals surface area (Å²) in [7, 11) is 0. The van der Waals surface area contributed by atoms with Crippen LogP contribution in [-0.2, 0) is 9.53 Å². The second kappa shape index (κ2) is 13.0. The summed E-state index contributed by atoms with van der Waals surface area (Å²) in [6.07, 6.45) is 7.10. The van der Waals surface area contributed by atoms with Crippen LogP contribution in [0.15, 0.2) is 63.9 Å². The van der Waals surface area contributed by atoms with Gasteiger partial charge in [0.2, 0.25) is 0 Å². The van der Waals surface area contributed by atoms with Crippen molar-refractivity contribution < 1.29 is 27.5 Å². The zero-order chi connectivity index (χ0) is 31.4. The summed E-state index contributed by atoms with van der Waals surface area (Å²) in [5.41, 5.74) is -2.82. The summed E-state index contributed by atoms with van der Waals surface area (Å²) in [5, 5.41) is 24.2. The number of allylic oxidation sites excluding steroid dienone is 5. The molecule has 1 aliphatic carbocycles. The van der Waals surface area contributed by atoms with Gasteiger partial charge in [0.25, 0.3) is 12.3 Å². The largest absolute Gasteiger partial charge is 0.444 e. The maximum atomic E-state index is 15.2. The van der Waals surface area contributed by atoms with E-state index >= 15 is 4.39 Å². The lowest BCUT2D eigenvalue weighted by molar-refractivity contribution is -0.116. The maximum Gasteiger partial charge on any atom is 0.410 e. The van der Waals surface area contributed by atoms with E-state index in [0.29, 0.717) is 31.5 Å². The summed E-state index contributed by atoms with van der Waals surface area (Å²) < 4.78 is 48.1. The van der Waals surface area contributed by atoms with E-state index in [0.717, 1.165) is 12.3 Å². The van der Waals surface area contributed by atoms with Crippen molar-refractivity contribution in [3.63, 3.8) is 0 Å². The topological polar surface area (TPSA) is 146 Å². The molecule has 4 aliphatic rings. The van der Waals surface area contributed by atoms with E-state index in [2.05, 4.69) is 20.9 Å². The fourth-order valence-electron chi connectivity index (χ4n) is 5.00. The number of nitrogens with one attached hydrogen (secondary N) is 5.